The van der Waals surface area contributed by atoms with Crippen LogP contribution in [0.2, 0.25) is 131 Å². The fourth-order valence-corrected chi connectivity index (χ4v) is 114. The molecule has 0 aromatic carbocycles. The molecule has 8 aliphatic heterocycles. The largest absolute Gasteiger partial charge is 0.482 e. The summed E-state index contributed by atoms with van der Waals surface area (Å²) in [6, 6.07) is 0. The second kappa shape index (κ2) is 22.5. The minimum Gasteiger partial charge on any atom is -0.397 e. The van der Waals surface area contributed by atoms with Gasteiger partial charge in [0.1, 0.15) is 0 Å². The third-order valence-electron chi connectivity index (χ3n) is 11.7. The van der Waals surface area contributed by atoms with Gasteiger partial charge < -0.3 is 129 Å². The van der Waals surface area contributed by atoms with Gasteiger partial charge in [-0.25, -0.2) is 0 Å². The van der Waals surface area contributed by atoms with Crippen LogP contribution in [-0.2, 0) is 129 Å². The topological polar surface area (TPSA) is 286 Å². The van der Waals surface area contributed by atoms with Crippen LogP contribution in [0.15, 0.2) is 0 Å². The molecule has 0 aliphatic carbocycles. The van der Waals surface area contributed by atoms with Crippen LogP contribution in [0.5, 0.6) is 0 Å². The van der Waals surface area contributed by atoms with Crippen LogP contribution in [0.25, 0.3) is 0 Å². The Morgan fingerprint density at radius 2 is 0.392 bits per heavy atom. The molecule has 8 heterocycles. The highest BCUT2D eigenvalue weighted by atomic mass is 28.6. The highest BCUT2D eigenvalue weighted by Crippen LogP contribution is 2.48. The number of rotatable bonds is 10. The fourth-order valence-electron chi connectivity index (χ4n) is 11.3. The van der Waals surface area contributed by atoms with E-state index < -0.39 is 177 Å². The lowest BCUT2D eigenvalue weighted by Crippen LogP contribution is -2.83. The van der Waals surface area contributed by atoms with Crippen LogP contribution < -0.4 is 0 Å². The highest BCUT2D eigenvalue weighted by molar-refractivity contribution is 7.02. The van der Waals surface area contributed by atoms with Gasteiger partial charge in [0, 0.05) is 144 Å². The van der Waals surface area contributed by atoms with E-state index in [0.29, 0.717) is 6.61 Å². The van der Waals surface area contributed by atoms with Crippen LogP contribution in [0.4, 0.5) is 0 Å². The molecule has 31 nitrogen and oxygen atoms in total. The van der Waals surface area contributed by atoms with Crippen molar-refractivity contribution in [3.05, 3.63) is 0 Å². The van der Waals surface area contributed by atoms with Crippen LogP contribution in [0, 0.1) is 0 Å². The van der Waals surface area contributed by atoms with Gasteiger partial charge in [-0.2, -0.15) is 0 Å². The first kappa shape index (κ1) is 68.0. The van der Waals surface area contributed by atoms with Crippen LogP contribution in [0.1, 0.15) is 27.7 Å². The standard InChI is InChI=1S/C28H82O31Si20/c1-25-29-62(7)33-60(5)34-66(11,39-63(8,37-62)30-26-2)42-67(12)35-61(6)36-68(13)44-71(16,43-67)49-75(20)50-72(17,45-68)51-76(21)56-77(22)53-73(18)47-69(14)40-64(9,31-27-3)38-65(10,32-28-4)41-70(15,46-69)48-74(19,52-73)54-78(23,58-77)59-79(24,55-75)57-76/h60-61H,25-28H2,1-24H3. The summed E-state index contributed by atoms with van der Waals surface area (Å²) < 4.78 is 213. The Morgan fingerprint density at radius 1 is 0.215 bits per heavy atom. The summed E-state index contributed by atoms with van der Waals surface area (Å²) >= 11 is 0. The van der Waals surface area contributed by atoms with E-state index in [-0.39, 0.29) is 19.8 Å². The van der Waals surface area contributed by atoms with Crippen LogP contribution in [-0.4, -0.2) is 203 Å². The smallest absolute Gasteiger partial charge is 0.397 e. The Kier molecular flexibility index (Phi) is 19.4. The predicted molar refractivity (Wildman–Crippen MR) is 311 cm³/mol. The molecule has 8 fully saturated rings. The lowest BCUT2D eigenvalue weighted by atomic mass is 10.9. The molecule has 0 amide bonds. The molecule has 8 rings (SSSR count). The van der Waals surface area contributed by atoms with Crippen molar-refractivity contribution in [2.24, 2.45) is 0 Å². The van der Waals surface area contributed by atoms with E-state index in [0.717, 1.165) is 0 Å². The predicted octanol–water partition coefficient (Wildman–Crippen LogP) is 3.63. The van der Waals surface area contributed by atoms with Gasteiger partial charge in [-0.3, -0.25) is 0 Å². The Morgan fingerprint density at radius 3 is 0.684 bits per heavy atom. The molecule has 0 saturated carbocycles. The quantitative estimate of drug-likeness (QED) is 0.282. The average molecular weight is 1480 g/mol. The second-order valence-electron chi connectivity index (χ2n) is 21.2. The third-order valence-corrected chi connectivity index (χ3v) is 95.3. The van der Waals surface area contributed by atoms with Gasteiger partial charge in [-0.1, -0.05) is 0 Å². The zero-order valence-corrected chi connectivity index (χ0v) is 69.9. The molecule has 20 unspecified atom stereocenters. The maximum absolute atomic E-state index is 7.16. The number of hydrogen-bond acceptors (Lipinski definition) is 31. The molecular formula is C28H82O31Si20. The van der Waals surface area contributed by atoms with E-state index in [9.17, 15) is 0 Å². The average Bonchev–Trinajstić information content (AvgIpc) is 3.09. The first-order chi connectivity index (χ1) is 35.7. The molecule has 0 radical (unpaired) electrons. The first-order valence-corrected chi connectivity index (χ1v) is 70.3. The number of hydrogen-bond donors (Lipinski definition) is 0. The maximum Gasteiger partial charge on any atom is 0.482 e. The Hall–Kier alpha value is 3.10. The lowest BCUT2D eigenvalue weighted by molar-refractivity contribution is 0.00110. The fraction of sp³-hybridized carbons (Fsp3) is 1.00. The number of fused-ring (bicyclic) bond motifs is 12. The lowest BCUT2D eigenvalue weighted by Gasteiger charge is -2.58. The van der Waals surface area contributed by atoms with E-state index >= 15 is 0 Å². The van der Waals surface area contributed by atoms with Crippen LogP contribution >= 0.6 is 0 Å². The Balaban J connectivity index is 1.16. The summed E-state index contributed by atoms with van der Waals surface area (Å²) in [5, 5.41) is 0. The monoisotopic (exact) mass is 1470 g/mol. The molecule has 0 spiro atoms. The highest BCUT2D eigenvalue weighted by Gasteiger charge is 2.78. The molecule has 51 heteroatoms. The maximum atomic E-state index is 7.16. The van der Waals surface area contributed by atoms with Gasteiger partial charge in [0.2, 0.25) is 0 Å². The first-order valence-electron chi connectivity index (χ1n) is 26.1. The van der Waals surface area contributed by atoms with Crippen LogP contribution in [0.3, 0.4) is 0 Å². The van der Waals surface area contributed by atoms with Crippen molar-refractivity contribution < 1.29 is 129 Å². The van der Waals surface area contributed by atoms with E-state index in [1.807, 2.05) is 34.2 Å². The Bertz CT molecular complexity index is 2270. The van der Waals surface area contributed by atoms with E-state index in [1.165, 1.54) is 0 Å². The molecule has 460 valence electrons. The SMILES string of the molecule is CCO[Si]1(C)O[SiH](C)O[Si](C)(O[Si]2(C)O[SiH](C)O[Si]3(C)O[Si](C)(O2)O[Si]2(C)O[Si](C)(O3)O[Si]3(C)O[Si](C)(O2)O[Si]2(C)O[Si]4(C)O[Si]5(C)O[Si](C)(OCC)O[Si](C)(OCC)O[Si](C)(O5)O[Si](C)(O4)O[Si](C)(O3)O2)O[Si](C)(OCC)O1. The van der Waals surface area contributed by atoms with E-state index in [4.69, 9.17) is 129 Å². The van der Waals surface area contributed by atoms with Crippen molar-refractivity contribution in [2.75, 3.05) is 26.4 Å². The molecule has 79 heavy (non-hydrogen) atoms. The van der Waals surface area contributed by atoms with Gasteiger partial charge in [0.15, 0.2) is 0 Å². The second-order valence-corrected chi connectivity index (χ2v) is 78.2. The van der Waals surface area contributed by atoms with Gasteiger partial charge in [-0.05, 0) is 40.8 Å². The van der Waals surface area contributed by atoms with Gasteiger partial charge in [0.05, 0.1) is 0 Å². The summed E-state index contributed by atoms with van der Waals surface area (Å²) in [5.74, 6) is 0. The minimum atomic E-state index is -4.36. The van der Waals surface area contributed by atoms with Crippen molar-refractivity contribution in [1.82, 2.24) is 0 Å². The van der Waals surface area contributed by atoms with E-state index in [1.54, 1.807) is 124 Å². The molecule has 8 saturated heterocycles. The van der Waals surface area contributed by atoms with Crippen molar-refractivity contribution >= 4 is 177 Å². The summed E-state index contributed by atoms with van der Waals surface area (Å²) in [7, 11) is -78.4. The van der Waals surface area contributed by atoms with Gasteiger partial charge >= 0.3 is 177 Å². The summed E-state index contributed by atoms with van der Waals surface area (Å²) in [6.45, 7) is 42.4. The zero-order valence-electron chi connectivity index (χ0n) is 49.6. The minimum absolute atomic E-state index is 0.242. The third kappa shape index (κ3) is 16.2. The molecule has 12 bridgehead atoms. The van der Waals surface area contributed by atoms with E-state index in [2.05, 4.69) is 0 Å². The van der Waals surface area contributed by atoms with Gasteiger partial charge in [0.25, 0.3) is 0 Å². The van der Waals surface area contributed by atoms with Crippen molar-refractivity contribution in [2.45, 2.75) is 159 Å². The van der Waals surface area contributed by atoms with Crippen molar-refractivity contribution in [3.63, 3.8) is 0 Å². The van der Waals surface area contributed by atoms with Crippen molar-refractivity contribution in [1.29, 1.82) is 0 Å². The summed E-state index contributed by atoms with van der Waals surface area (Å²) in [6.07, 6.45) is 0. The molecular weight excluding hydrogens is 1390 g/mol. The molecule has 8 aliphatic rings. The molecule has 0 aromatic heterocycles. The van der Waals surface area contributed by atoms with Crippen molar-refractivity contribution in [3.8, 4) is 0 Å². The Labute approximate surface area is 487 Å². The molecule has 0 N–H and O–H groups in total. The molecule has 0 aromatic rings. The summed E-state index contributed by atoms with van der Waals surface area (Å²) in [5.41, 5.74) is 0. The summed E-state index contributed by atoms with van der Waals surface area (Å²) in [4.78, 5) is 0. The zero-order chi connectivity index (χ0) is 58.9. The van der Waals surface area contributed by atoms with Gasteiger partial charge in [-0.15, -0.1) is 0 Å². The molecule has 20 atom stereocenters. The normalized spacial score (nSPS) is 56.7.